The number of rotatable bonds is 4. The van der Waals surface area contributed by atoms with Crippen molar-refractivity contribution in [3.63, 3.8) is 0 Å². The number of fused-ring (bicyclic) bond motifs is 1. The first-order valence-electron chi connectivity index (χ1n) is 8.42. The monoisotopic (exact) mass is 390 g/mol. The van der Waals surface area contributed by atoms with Gasteiger partial charge in [0.15, 0.2) is 0 Å². The standard InChI is InChI=1S/C18H19ClN4O2S/c19-15-10-17-16(12-20-21-17)18(11-15)22-6-8-23(9-7-22)26(24,25)13-14-4-2-1-3-5-14/h1-5,10-12H,6-9,13H2,(H,20,21). The van der Waals surface area contributed by atoms with Gasteiger partial charge in [-0.1, -0.05) is 41.9 Å². The van der Waals surface area contributed by atoms with Gasteiger partial charge in [-0.2, -0.15) is 9.40 Å². The van der Waals surface area contributed by atoms with Crippen LogP contribution < -0.4 is 4.90 Å². The zero-order chi connectivity index (χ0) is 18.1. The molecule has 8 heteroatoms. The fourth-order valence-corrected chi connectivity index (χ4v) is 5.07. The first kappa shape index (κ1) is 17.3. The molecule has 6 nitrogen and oxygen atoms in total. The second-order valence-corrected chi connectivity index (χ2v) is 8.79. The van der Waals surface area contributed by atoms with E-state index >= 15 is 0 Å². The van der Waals surface area contributed by atoms with Gasteiger partial charge in [0.1, 0.15) is 0 Å². The molecule has 0 radical (unpaired) electrons. The van der Waals surface area contributed by atoms with Crippen LogP contribution in [0.3, 0.4) is 0 Å². The smallest absolute Gasteiger partial charge is 0.218 e. The lowest BCUT2D eigenvalue weighted by Gasteiger charge is -2.35. The Morgan fingerprint density at radius 3 is 2.54 bits per heavy atom. The topological polar surface area (TPSA) is 69.3 Å². The van der Waals surface area contributed by atoms with Crippen LogP contribution in [0.15, 0.2) is 48.7 Å². The molecule has 4 rings (SSSR count). The van der Waals surface area contributed by atoms with Crippen LogP contribution in [0.2, 0.25) is 5.02 Å². The van der Waals surface area contributed by atoms with Gasteiger partial charge in [0.05, 0.1) is 17.5 Å². The molecule has 0 amide bonds. The lowest BCUT2D eigenvalue weighted by atomic mass is 10.2. The van der Waals surface area contributed by atoms with E-state index in [1.54, 1.807) is 10.5 Å². The van der Waals surface area contributed by atoms with Crippen molar-refractivity contribution in [2.75, 3.05) is 31.1 Å². The van der Waals surface area contributed by atoms with E-state index in [2.05, 4.69) is 15.1 Å². The molecule has 1 N–H and O–H groups in total. The van der Waals surface area contributed by atoms with Gasteiger partial charge < -0.3 is 4.90 Å². The second kappa shape index (κ2) is 6.90. The third-order valence-corrected chi connectivity index (χ3v) is 6.73. The van der Waals surface area contributed by atoms with E-state index in [1.165, 1.54) is 0 Å². The normalized spacial score (nSPS) is 16.3. The second-order valence-electron chi connectivity index (χ2n) is 6.38. The van der Waals surface area contributed by atoms with Crippen molar-refractivity contribution in [2.45, 2.75) is 5.75 Å². The number of anilines is 1. The van der Waals surface area contributed by atoms with Crippen molar-refractivity contribution in [3.05, 3.63) is 59.2 Å². The molecule has 2 aromatic carbocycles. The summed E-state index contributed by atoms with van der Waals surface area (Å²) >= 11 is 6.21. The minimum absolute atomic E-state index is 0.0387. The Balaban J connectivity index is 1.49. The quantitative estimate of drug-likeness (QED) is 0.743. The van der Waals surface area contributed by atoms with Crippen LogP contribution in [0.4, 0.5) is 5.69 Å². The fraction of sp³-hybridized carbons (Fsp3) is 0.278. The van der Waals surface area contributed by atoms with E-state index in [0.29, 0.717) is 31.2 Å². The maximum atomic E-state index is 12.7. The Morgan fingerprint density at radius 2 is 1.81 bits per heavy atom. The summed E-state index contributed by atoms with van der Waals surface area (Å²) in [4.78, 5) is 2.16. The van der Waals surface area contributed by atoms with Crippen LogP contribution in [0, 0.1) is 0 Å². The molecule has 0 spiro atoms. The van der Waals surface area contributed by atoms with Gasteiger partial charge in [-0.05, 0) is 17.7 Å². The number of nitrogens with one attached hydrogen (secondary N) is 1. The lowest BCUT2D eigenvalue weighted by molar-refractivity contribution is 0.384. The molecule has 1 aromatic heterocycles. The summed E-state index contributed by atoms with van der Waals surface area (Å²) in [6.45, 7) is 2.16. The highest BCUT2D eigenvalue weighted by Crippen LogP contribution is 2.30. The van der Waals surface area contributed by atoms with Crippen molar-refractivity contribution < 1.29 is 8.42 Å². The summed E-state index contributed by atoms with van der Waals surface area (Å²) in [6, 6.07) is 13.0. The van der Waals surface area contributed by atoms with Crippen molar-refractivity contribution >= 4 is 38.2 Å². The SMILES string of the molecule is O=S(=O)(Cc1ccccc1)N1CCN(c2cc(Cl)cc3[nH]ncc23)CC1. The van der Waals surface area contributed by atoms with Gasteiger partial charge in [0, 0.05) is 42.3 Å². The highest BCUT2D eigenvalue weighted by atomic mass is 35.5. The van der Waals surface area contributed by atoms with Gasteiger partial charge in [-0.25, -0.2) is 8.42 Å². The molecule has 3 aromatic rings. The number of hydrogen-bond acceptors (Lipinski definition) is 4. The van der Waals surface area contributed by atoms with Crippen LogP contribution >= 0.6 is 11.6 Å². The average molecular weight is 391 g/mol. The van der Waals surface area contributed by atoms with Crippen molar-refractivity contribution in [3.8, 4) is 0 Å². The highest BCUT2D eigenvalue weighted by molar-refractivity contribution is 7.88. The number of benzene rings is 2. The number of aromatic amines is 1. The number of aromatic nitrogens is 2. The van der Waals surface area contributed by atoms with Gasteiger partial charge in [0.25, 0.3) is 0 Å². The summed E-state index contributed by atoms with van der Waals surface area (Å²) in [5.41, 5.74) is 2.68. The number of H-pyrrole nitrogens is 1. The van der Waals surface area contributed by atoms with Gasteiger partial charge >= 0.3 is 0 Å². The third kappa shape index (κ3) is 3.42. The number of piperazine rings is 1. The molecular formula is C18H19ClN4O2S. The van der Waals surface area contributed by atoms with Crippen molar-refractivity contribution in [2.24, 2.45) is 0 Å². The molecule has 1 aliphatic rings. The van der Waals surface area contributed by atoms with Gasteiger partial charge in [0.2, 0.25) is 10.0 Å². The molecule has 136 valence electrons. The summed E-state index contributed by atoms with van der Waals surface area (Å²) < 4.78 is 27.0. The van der Waals surface area contributed by atoms with Crippen LogP contribution in [0.5, 0.6) is 0 Å². The summed E-state index contributed by atoms with van der Waals surface area (Å²) in [7, 11) is -3.32. The zero-order valence-corrected chi connectivity index (χ0v) is 15.7. The van der Waals surface area contributed by atoms with Crippen LogP contribution in [-0.2, 0) is 15.8 Å². The predicted octanol–water partition coefficient (Wildman–Crippen LogP) is 2.87. The number of sulfonamides is 1. The third-order valence-electron chi connectivity index (χ3n) is 4.67. The van der Waals surface area contributed by atoms with Crippen LogP contribution in [-0.4, -0.2) is 49.1 Å². The Kier molecular flexibility index (Phi) is 4.60. The minimum Gasteiger partial charge on any atom is -0.368 e. The highest BCUT2D eigenvalue weighted by Gasteiger charge is 2.28. The summed E-state index contributed by atoms with van der Waals surface area (Å²) in [5.74, 6) is 0.0387. The maximum absolute atomic E-state index is 12.7. The van der Waals surface area contributed by atoms with E-state index in [4.69, 9.17) is 11.6 Å². The number of halogens is 1. The van der Waals surface area contributed by atoms with E-state index < -0.39 is 10.0 Å². The molecule has 26 heavy (non-hydrogen) atoms. The molecule has 1 aliphatic heterocycles. The molecule has 0 atom stereocenters. The number of hydrogen-bond donors (Lipinski definition) is 1. The van der Waals surface area contributed by atoms with Crippen LogP contribution in [0.25, 0.3) is 10.9 Å². The van der Waals surface area contributed by atoms with Crippen molar-refractivity contribution in [1.29, 1.82) is 0 Å². The van der Waals surface area contributed by atoms with E-state index in [9.17, 15) is 8.42 Å². The summed E-state index contributed by atoms with van der Waals surface area (Å²) in [6.07, 6.45) is 1.78. The average Bonchev–Trinajstić information content (AvgIpc) is 3.10. The molecular weight excluding hydrogens is 372 g/mol. The maximum Gasteiger partial charge on any atom is 0.218 e. The molecule has 0 unspecified atom stereocenters. The van der Waals surface area contributed by atoms with Crippen LogP contribution in [0.1, 0.15) is 5.56 Å². The lowest BCUT2D eigenvalue weighted by Crippen LogP contribution is -2.49. The fourth-order valence-electron chi connectivity index (χ4n) is 3.34. The molecule has 0 saturated carbocycles. The summed E-state index contributed by atoms with van der Waals surface area (Å²) in [5, 5.41) is 8.65. The Morgan fingerprint density at radius 1 is 1.08 bits per heavy atom. The molecule has 0 bridgehead atoms. The Bertz CT molecular complexity index is 1010. The van der Waals surface area contributed by atoms with Gasteiger partial charge in [-0.15, -0.1) is 0 Å². The van der Waals surface area contributed by atoms with E-state index in [0.717, 1.165) is 22.2 Å². The van der Waals surface area contributed by atoms with E-state index in [-0.39, 0.29) is 5.75 Å². The Hall–Kier alpha value is -2.09. The first-order chi connectivity index (χ1) is 12.5. The predicted molar refractivity (Wildman–Crippen MR) is 104 cm³/mol. The molecule has 0 aliphatic carbocycles. The van der Waals surface area contributed by atoms with Crippen molar-refractivity contribution in [1.82, 2.24) is 14.5 Å². The molecule has 1 fully saturated rings. The minimum atomic E-state index is -3.32. The van der Waals surface area contributed by atoms with Gasteiger partial charge in [-0.3, -0.25) is 5.10 Å². The molecule has 2 heterocycles. The van der Waals surface area contributed by atoms with E-state index in [1.807, 2.05) is 42.5 Å². The first-order valence-corrected chi connectivity index (χ1v) is 10.4. The molecule has 1 saturated heterocycles. The largest absolute Gasteiger partial charge is 0.368 e. The zero-order valence-electron chi connectivity index (χ0n) is 14.1. The number of nitrogens with zero attached hydrogens (tertiary/aromatic N) is 3. The Labute approximate surface area is 157 Å².